The molecule has 22 heavy (non-hydrogen) atoms. The molecule has 1 aliphatic carbocycles. The molecule has 1 aromatic rings. The molecule has 122 valence electrons. The highest BCUT2D eigenvalue weighted by atomic mass is 16.5. The number of ether oxygens (including phenoxy) is 2. The average molecular weight is 305 g/mol. The summed E-state index contributed by atoms with van der Waals surface area (Å²) in [5, 5.41) is 10.3. The minimum atomic E-state index is -0.441. The topological polar surface area (TPSA) is 41.9 Å². The third kappa shape index (κ3) is 4.70. The predicted molar refractivity (Wildman–Crippen MR) is 86.2 cm³/mol. The highest BCUT2D eigenvalue weighted by Gasteiger charge is 2.32. The summed E-state index contributed by atoms with van der Waals surface area (Å²) >= 11 is 0. The Bertz CT molecular complexity index is 452. The van der Waals surface area contributed by atoms with Gasteiger partial charge in [-0.15, -0.1) is 0 Å². The molecule has 2 aliphatic rings. The number of aliphatic hydroxyl groups is 1. The van der Waals surface area contributed by atoms with Crippen LogP contribution in [0.5, 0.6) is 5.75 Å². The lowest BCUT2D eigenvalue weighted by Crippen LogP contribution is -2.40. The van der Waals surface area contributed by atoms with Gasteiger partial charge in [-0.05, 0) is 44.2 Å². The van der Waals surface area contributed by atoms with Gasteiger partial charge in [0, 0.05) is 25.7 Å². The molecule has 4 heteroatoms. The van der Waals surface area contributed by atoms with E-state index < -0.39 is 6.10 Å². The van der Waals surface area contributed by atoms with E-state index in [0.717, 1.165) is 31.9 Å². The molecule has 0 bridgehead atoms. The predicted octanol–water partition coefficient (Wildman–Crippen LogP) is 2.24. The van der Waals surface area contributed by atoms with Crippen LogP contribution in [0.15, 0.2) is 24.3 Å². The molecular formula is C18H27NO3. The van der Waals surface area contributed by atoms with Gasteiger partial charge in [0.15, 0.2) is 0 Å². The van der Waals surface area contributed by atoms with Crippen molar-refractivity contribution < 1.29 is 14.6 Å². The number of aliphatic hydroxyl groups excluding tert-OH is 1. The van der Waals surface area contributed by atoms with Gasteiger partial charge in [0.25, 0.3) is 0 Å². The molecule has 1 aliphatic heterocycles. The number of hydrogen-bond acceptors (Lipinski definition) is 4. The van der Waals surface area contributed by atoms with E-state index in [2.05, 4.69) is 11.8 Å². The van der Waals surface area contributed by atoms with Crippen LogP contribution >= 0.6 is 0 Å². The number of benzene rings is 1. The summed E-state index contributed by atoms with van der Waals surface area (Å²) in [4.78, 5) is 2.43. The lowest BCUT2D eigenvalue weighted by atomic mass is 10.1. The molecule has 1 aromatic carbocycles. The third-order valence-corrected chi connectivity index (χ3v) is 4.49. The summed E-state index contributed by atoms with van der Waals surface area (Å²) in [5.41, 5.74) is 1.21. The Labute approximate surface area is 133 Å². The Morgan fingerprint density at radius 2 is 2.05 bits per heavy atom. The van der Waals surface area contributed by atoms with Crippen LogP contribution in [0.4, 0.5) is 0 Å². The fourth-order valence-electron chi connectivity index (χ4n) is 3.02. The monoisotopic (exact) mass is 305 g/mol. The molecule has 0 aromatic heterocycles. The van der Waals surface area contributed by atoms with Crippen molar-refractivity contribution in [3.05, 3.63) is 29.8 Å². The van der Waals surface area contributed by atoms with Crippen LogP contribution in [0, 0.1) is 12.8 Å². The van der Waals surface area contributed by atoms with Crippen molar-refractivity contribution in [2.24, 2.45) is 5.92 Å². The standard InChI is InChI=1S/C18H27NO3/c1-14-2-6-18(7-3-14)22-13-17(20)11-19(16-4-5-16)10-15-8-9-21-12-15/h2-3,6-7,15-17,20H,4-5,8-13H2,1H3. The van der Waals surface area contributed by atoms with Crippen molar-refractivity contribution in [3.8, 4) is 5.75 Å². The van der Waals surface area contributed by atoms with Crippen LogP contribution in [0.3, 0.4) is 0 Å². The number of nitrogens with zero attached hydrogens (tertiary/aromatic N) is 1. The third-order valence-electron chi connectivity index (χ3n) is 4.49. The number of rotatable bonds is 8. The highest BCUT2D eigenvalue weighted by Crippen LogP contribution is 2.29. The fraction of sp³-hybridized carbons (Fsp3) is 0.667. The molecule has 2 atom stereocenters. The maximum absolute atomic E-state index is 10.3. The Kier molecular flexibility index (Phi) is 5.34. The summed E-state index contributed by atoms with van der Waals surface area (Å²) < 4.78 is 11.2. The molecule has 2 unspecified atom stereocenters. The normalized spacial score (nSPS) is 23.0. The lowest BCUT2D eigenvalue weighted by Gasteiger charge is -2.27. The van der Waals surface area contributed by atoms with Crippen LogP contribution in [0.1, 0.15) is 24.8 Å². The van der Waals surface area contributed by atoms with E-state index in [4.69, 9.17) is 9.47 Å². The fourth-order valence-corrected chi connectivity index (χ4v) is 3.02. The second kappa shape index (κ2) is 7.44. The number of hydrogen-bond donors (Lipinski definition) is 1. The minimum Gasteiger partial charge on any atom is -0.491 e. The van der Waals surface area contributed by atoms with Crippen LogP contribution in [0.2, 0.25) is 0 Å². The van der Waals surface area contributed by atoms with E-state index >= 15 is 0 Å². The van der Waals surface area contributed by atoms with E-state index in [1.807, 2.05) is 24.3 Å². The average Bonchev–Trinajstić information content (AvgIpc) is 3.24. The second-order valence-corrected chi connectivity index (χ2v) is 6.69. The minimum absolute atomic E-state index is 0.355. The van der Waals surface area contributed by atoms with Crippen LogP contribution in [0.25, 0.3) is 0 Å². The van der Waals surface area contributed by atoms with Gasteiger partial charge in [-0.3, -0.25) is 4.90 Å². The van der Waals surface area contributed by atoms with Gasteiger partial charge in [-0.2, -0.15) is 0 Å². The first kappa shape index (κ1) is 15.8. The van der Waals surface area contributed by atoms with Crippen molar-refractivity contribution in [2.45, 2.75) is 38.3 Å². The maximum Gasteiger partial charge on any atom is 0.119 e. The van der Waals surface area contributed by atoms with Crippen molar-refractivity contribution in [1.29, 1.82) is 0 Å². The zero-order valence-electron chi connectivity index (χ0n) is 13.4. The highest BCUT2D eigenvalue weighted by molar-refractivity contribution is 5.26. The summed E-state index contributed by atoms with van der Waals surface area (Å²) in [5.74, 6) is 1.46. The van der Waals surface area contributed by atoms with Crippen LogP contribution in [-0.4, -0.2) is 55.1 Å². The first-order chi connectivity index (χ1) is 10.7. The molecule has 0 radical (unpaired) electrons. The van der Waals surface area contributed by atoms with E-state index in [0.29, 0.717) is 25.1 Å². The van der Waals surface area contributed by atoms with Gasteiger partial charge >= 0.3 is 0 Å². The Morgan fingerprint density at radius 3 is 2.68 bits per heavy atom. The van der Waals surface area contributed by atoms with Crippen molar-refractivity contribution in [3.63, 3.8) is 0 Å². The molecule has 4 nitrogen and oxygen atoms in total. The first-order valence-corrected chi connectivity index (χ1v) is 8.40. The van der Waals surface area contributed by atoms with Crippen molar-refractivity contribution >= 4 is 0 Å². The molecule has 2 fully saturated rings. The van der Waals surface area contributed by atoms with Gasteiger partial charge in [0.2, 0.25) is 0 Å². The quantitative estimate of drug-likeness (QED) is 0.800. The first-order valence-electron chi connectivity index (χ1n) is 8.40. The van der Waals surface area contributed by atoms with E-state index in [1.165, 1.54) is 18.4 Å². The largest absolute Gasteiger partial charge is 0.491 e. The van der Waals surface area contributed by atoms with Gasteiger partial charge in [0.05, 0.1) is 6.61 Å². The van der Waals surface area contributed by atoms with Crippen molar-refractivity contribution in [1.82, 2.24) is 4.90 Å². The smallest absolute Gasteiger partial charge is 0.119 e. The van der Waals surface area contributed by atoms with Crippen molar-refractivity contribution in [2.75, 3.05) is 32.9 Å². The number of aryl methyl sites for hydroxylation is 1. The van der Waals surface area contributed by atoms with Crippen LogP contribution in [-0.2, 0) is 4.74 Å². The summed E-state index contributed by atoms with van der Waals surface area (Å²) in [6.07, 6.45) is 3.24. The van der Waals surface area contributed by atoms with Gasteiger partial charge < -0.3 is 14.6 Å². The Balaban J connectivity index is 1.44. The molecule has 0 amide bonds. The van der Waals surface area contributed by atoms with E-state index in [9.17, 15) is 5.11 Å². The zero-order valence-corrected chi connectivity index (χ0v) is 13.4. The summed E-state index contributed by atoms with van der Waals surface area (Å²) in [7, 11) is 0. The Hall–Kier alpha value is -1.10. The molecule has 1 saturated carbocycles. The molecule has 1 saturated heterocycles. The maximum atomic E-state index is 10.3. The SMILES string of the molecule is Cc1ccc(OCC(O)CN(CC2CCOC2)C2CC2)cc1. The summed E-state index contributed by atoms with van der Waals surface area (Å²) in [6, 6.07) is 8.62. The van der Waals surface area contributed by atoms with Gasteiger partial charge in [0.1, 0.15) is 18.5 Å². The van der Waals surface area contributed by atoms with E-state index in [1.54, 1.807) is 0 Å². The molecule has 0 spiro atoms. The molecule has 1 heterocycles. The lowest BCUT2D eigenvalue weighted by molar-refractivity contribution is 0.0581. The second-order valence-electron chi connectivity index (χ2n) is 6.69. The molecule has 3 rings (SSSR count). The Morgan fingerprint density at radius 1 is 1.27 bits per heavy atom. The van der Waals surface area contributed by atoms with Gasteiger partial charge in [-0.25, -0.2) is 0 Å². The van der Waals surface area contributed by atoms with Gasteiger partial charge in [-0.1, -0.05) is 17.7 Å². The van der Waals surface area contributed by atoms with Crippen LogP contribution < -0.4 is 4.74 Å². The van der Waals surface area contributed by atoms with E-state index in [-0.39, 0.29) is 0 Å². The zero-order chi connectivity index (χ0) is 15.4. The molecule has 1 N–H and O–H groups in total. The molecular weight excluding hydrogens is 278 g/mol. The summed E-state index contributed by atoms with van der Waals surface area (Å²) in [6.45, 7) is 5.92.